The Morgan fingerprint density at radius 3 is 2.74 bits per heavy atom. The number of carbonyl (C=O) groups is 1. The second-order valence-corrected chi connectivity index (χ2v) is 4.42. The summed E-state index contributed by atoms with van der Waals surface area (Å²) < 4.78 is 13.4. The monoisotopic (exact) mass is 267 g/mol. The van der Waals surface area contributed by atoms with Gasteiger partial charge in [0.15, 0.2) is 0 Å². The maximum atomic E-state index is 13.4. The number of oxime groups is 1. The molecule has 0 fully saturated rings. The van der Waals surface area contributed by atoms with E-state index >= 15 is 0 Å². The zero-order valence-corrected chi connectivity index (χ0v) is 11.0. The van der Waals surface area contributed by atoms with Crippen molar-refractivity contribution in [2.45, 2.75) is 25.8 Å². The van der Waals surface area contributed by atoms with E-state index < -0.39 is 5.82 Å². The van der Waals surface area contributed by atoms with E-state index in [0.29, 0.717) is 5.56 Å². The Bertz CT molecular complexity index is 477. The Morgan fingerprint density at radius 1 is 1.53 bits per heavy atom. The Balaban J connectivity index is 2.65. The van der Waals surface area contributed by atoms with Gasteiger partial charge in [0.25, 0.3) is 0 Å². The number of amides is 1. The molecular formula is C13H18FN3O2. The van der Waals surface area contributed by atoms with Crippen molar-refractivity contribution in [2.75, 3.05) is 7.05 Å². The molecule has 0 aliphatic rings. The van der Waals surface area contributed by atoms with E-state index in [2.05, 4.69) is 5.16 Å². The van der Waals surface area contributed by atoms with Crippen molar-refractivity contribution in [2.24, 2.45) is 10.9 Å². The van der Waals surface area contributed by atoms with Crippen LogP contribution < -0.4 is 5.73 Å². The molecule has 0 spiro atoms. The lowest BCUT2D eigenvalue weighted by Gasteiger charge is -2.24. The third kappa shape index (κ3) is 4.24. The molecule has 1 aromatic carbocycles. The number of likely N-dealkylation sites (N-methyl/N-ethyl adjacent to an activating group) is 1. The quantitative estimate of drug-likeness (QED) is 0.366. The summed E-state index contributed by atoms with van der Waals surface area (Å²) in [4.78, 5) is 13.5. The summed E-state index contributed by atoms with van der Waals surface area (Å²) in [6.45, 7) is 1.78. The average Bonchev–Trinajstić information content (AvgIpc) is 2.40. The van der Waals surface area contributed by atoms with Crippen molar-refractivity contribution < 1.29 is 14.4 Å². The molecule has 0 saturated carbocycles. The maximum absolute atomic E-state index is 13.4. The summed E-state index contributed by atoms with van der Waals surface area (Å²) in [5, 5.41) is 11.4. The van der Waals surface area contributed by atoms with Gasteiger partial charge in [-0.3, -0.25) is 4.79 Å². The normalized spacial score (nSPS) is 13.1. The molecule has 6 heteroatoms. The van der Waals surface area contributed by atoms with Gasteiger partial charge in [-0.05, 0) is 18.6 Å². The van der Waals surface area contributed by atoms with Gasteiger partial charge in [-0.25, -0.2) is 4.39 Å². The molecule has 1 rings (SSSR count). The smallest absolute Gasteiger partial charge is 0.227 e. The molecule has 0 aliphatic carbocycles. The van der Waals surface area contributed by atoms with Crippen LogP contribution in [0.25, 0.3) is 0 Å². The Kier molecular flexibility index (Phi) is 5.29. The highest BCUT2D eigenvalue weighted by Gasteiger charge is 2.18. The van der Waals surface area contributed by atoms with Gasteiger partial charge in [0.1, 0.15) is 11.7 Å². The van der Waals surface area contributed by atoms with E-state index in [9.17, 15) is 9.18 Å². The third-order valence-corrected chi connectivity index (χ3v) is 2.99. The van der Waals surface area contributed by atoms with Crippen molar-refractivity contribution in [1.29, 1.82) is 0 Å². The third-order valence-electron chi connectivity index (χ3n) is 2.99. The fraction of sp³-hybridized carbons (Fsp3) is 0.385. The molecule has 1 atom stereocenters. The molecule has 0 bridgehead atoms. The second kappa shape index (κ2) is 6.72. The van der Waals surface area contributed by atoms with Gasteiger partial charge in [-0.1, -0.05) is 23.4 Å². The molecule has 0 aromatic heterocycles. The van der Waals surface area contributed by atoms with E-state index in [-0.39, 0.29) is 30.6 Å². The number of hydrogen-bond donors (Lipinski definition) is 2. The molecule has 0 radical (unpaired) electrons. The molecule has 1 aromatic rings. The zero-order valence-electron chi connectivity index (χ0n) is 11.0. The molecule has 0 aliphatic heterocycles. The zero-order chi connectivity index (χ0) is 14.4. The van der Waals surface area contributed by atoms with E-state index in [1.54, 1.807) is 32.2 Å². The topological polar surface area (TPSA) is 78.9 Å². The number of amidine groups is 1. The predicted octanol–water partition coefficient (Wildman–Crippen LogP) is 1.35. The molecular weight excluding hydrogens is 249 g/mol. The Morgan fingerprint density at radius 2 is 2.16 bits per heavy atom. The van der Waals surface area contributed by atoms with Crippen LogP contribution >= 0.6 is 0 Å². The first-order valence-electron chi connectivity index (χ1n) is 5.91. The molecule has 5 nitrogen and oxygen atoms in total. The number of halogens is 1. The van der Waals surface area contributed by atoms with Crippen molar-refractivity contribution in [3.8, 4) is 0 Å². The predicted molar refractivity (Wildman–Crippen MR) is 70.4 cm³/mol. The van der Waals surface area contributed by atoms with Crippen molar-refractivity contribution in [3.05, 3.63) is 35.6 Å². The maximum Gasteiger partial charge on any atom is 0.227 e. The molecule has 1 amide bonds. The van der Waals surface area contributed by atoms with Crippen molar-refractivity contribution in [1.82, 2.24) is 4.90 Å². The minimum absolute atomic E-state index is 0.0102. The lowest BCUT2D eigenvalue weighted by Crippen LogP contribution is -2.38. The van der Waals surface area contributed by atoms with Gasteiger partial charge in [0.2, 0.25) is 5.91 Å². The fourth-order valence-electron chi connectivity index (χ4n) is 1.66. The highest BCUT2D eigenvalue weighted by molar-refractivity contribution is 5.82. The number of hydrogen-bond acceptors (Lipinski definition) is 3. The van der Waals surface area contributed by atoms with Gasteiger partial charge in [-0.15, -0.1) is 0 Å². The molecule has 3 N–H and O–H groups in total. The van der Waals surface area contributed by atoms with Crippen LogP contribution in [0.5, 0.6) is 0 Å². The summed E-state index contributed by atoms with van der Waals surface area (Å²) >= 11 is 0. The van der Waals surface area contributed by atoms with Gasteiger partial charge in [0.05, 0.1) is 6.42 Å². The summed E-state index contributed by atoms with van der Waals surface area (Å²) in [7, 11) is 1.61. The molecule has 0 heterocycles. The first-order chi connectivity index (χ1) is 8.95. The largest absolute Gasteiger partial charge is 0.409 e. The van der Waals surface area contributed by atoms with E-state index in [1.807, 2.05) is 0 Å². The SMILES string of the molecule is CC(CC(N)=NO)N(C)C(=O)Cc1ccccc1F. The van der Waals surface area contributed by atoms with Crippen LogP contribution in [0.1, 0.15) is 18.9 Å². The standard InChI is InChI=1S/C13H18FN3O2/c1-9(7-12(15)16-19)17(2)13(18)8-10-5-3-4-6-11(10)14/h3-6,9,19H,7-8H2,1-2H3,(H2,15,16). The first kappa shape index (κ1) is 14.9. The molecule has 1 unspecified atom stereocenters. The van der Waals surface area contributed by atoms with Gasteiger partial charge >= 0.3 is 0 Å². The van der Waals surface area contributed by atoms with Crippen molar-refractivity contribution in [3.63, 3.8) is 0 Å². The summed E-state index contributed by atoms with van der Waals surface area (Å²) in [6, 6.07) is 5.94. The first-order valence-corrected chi connectivity index (χ1v) is 5.91. The number of rotatable bonds is 5. The van der Waals surface area contributed by atoms with Crippen molar-refractivity contribution >= 4 is 11.7 Å². The minimum Gasteiger partial charge on any atom is -0.409 e. The fourth-order valence-corrected chi connectivity index (χ4v) is 1.66. The number of benzene rings is 1. The number of nitrogens with two attached hydrogens (primary N) is 1. The van der Waals surface area contributed by atoms with Gasteiger partial charge in [0, 0.05) is 19.5 Å². The number of carbonyl (C=O) groups excluding carboxylic acids is 1. The number of nitrogens with zero attached hydrogens (tertiary/aromatic N) is 2. The van der Waals surface area contributed by atoms with Gasteiger partial charge in [-0.2, -0.15) is 0 Å². The lowest BCUT2D eigenvalue weighted by atomic mass is 10.1. The van der Waals surface area contributed by atoms with Crippen LogP contribution in [-0.4, -0.2) is 34.9 Å². The summed E-state index contributed by atoms with van der Waals surface area (Å²) in [5.41, 5.74) is 5.75. The van der Waals surface area contributed by atoms with Crippen LogP contribution in [0, 0.1) is 5.82 Å². The highest BCUT2D eigenvalue weighted by atomic mass is 19.1. The minimum atomic E-state index is -0.395. The van der Waals surface area contributed by atoms with E-state index in [1.165, 1.54) is 11.0 Å². The van der Waals surface area contributed by atoms with Crippen LogP contribution in [0.3, 0.4) is 0 Å². The van der Waals surface area contributed by atoms with Gasteiger partial charge < -0.3 is 15.8 Å². The highest BCUT2D eigenvalue weighted by Crippen LogP contribution is 2.10. The van der Waals surface area contributed by atoms with E-state index in [0.717, 1.165) is 0 Å². The second-order valence-electron chi connectivity index (χ2n) is 4.42. The molecule has 104 valence electrons. The van der Waals surface area contributed by atoms with Crippen LogP contribution in [-0.2, 0) is 11.2 Å². The summed E-state index contributed by atoms with van der Waals surface area (Å²) in [6.07, 6.45) is 0.250. The lowest BCUT2D eigenvalue weighted by molar-refractivity contribution is -0.130. The average molecular weight is 267 g/mol. The van der Waals surface area contributed by atoms with Crippen LogP contribution in [0.2, 0.25) is 0 Å². The van der Waals surface area contributed by atoms with Crippen LogP contribution in [0.15, 0.2) is 29.4 Å². The van der Waals surface area contributed by atoms with E-state index in [4.69, 9.17) is 10.9 Å². The Labute approximate surface area is 111 Å². The summed E-state index contributed by atoms with van der Waals surface area (Å²) in [5.74, 6) is -0.560. The van der Waals surface area contributed by atoms with Crippen LogP contribution in [0.4, 0.5) is 4.39 Å². The molecule has 0 saturated heterocycles. The molecule has 19 heavy (non-hydrogen) atoms. The Hall–Kier alpha value is -2.11.